The molecular weight excluding hydrogens is 198 g/mol. The van der Waals surface area contributed by atoms with Crippen molar-refractivity contribution in [2.75, 3.05) is 19.7 Å². The quantitative estimate of drug-likeness (QED) is 0.721. The van der Waals surface area contributed by atoms with Crippen LogP contribution < -0.4 is 11.1 Å². The van der Waals surface area contributed by atoms with Gasteiger partial charge in [-0.25, -0.2) is 14.5 Å². The van der Waals surface area contributed by atoms with E-state index in [0.717, 1.165) is 4.90 Å². The number of carbonyl (C=O) groups excluding carboxylic acids is 2. The number of rotatable bonds is 4. The average Bonchev–Trinajstić information content (AvgIpc) is 2.13. The number of ether oxygens (including phenoxy) is 1. The number of amides is 3. The maximum absolute atomic E-state index is 11.5. The van der Waals surface area contributed by atoms with Crippen LogP contribution >= 0.6 is 0 Å². The van der Waals surface area contributed by atoms with Crippen molar-refractivity contribution in [1.29, 1.82) is 0 Å². The number of allylic oxidation sites excluding steroid dienone is 1. The summed E-state index contributed by atoms with van der Waals surface area (Å²) in [7, 11) is 0. The number of nitrogens with one attached hydrogen (secondary N) is 1. The van der Waals surface area contributed by atoms with E-state index in [2.05, 4.69) is 11.9 Å². The number of hydrogen-bond acceptors (Lipinski definition) is 4. The number of nitrogens with two attached hydrogens (primary N) is 1. The van der Waals surface area contributed by atoms with E-state index in [4.69, 9.17) is 10.5 Å². The molecule has 0 spiro atoms. The predicted molar refractivity (Wildman–Crippen MR) is 56.1 cm³/mol. The molecule has 0 aliphatic rings. The zero-order valence-corrected chi connectivity index (χ0v) is 9.08. The van der Waals surface area contributed by atoms with E-state index in [1.165, 1.54) is 0 Å². The van der Waals surface area contributed by atoms with Gasteiger partial charge >= 0.3 is 12.1 Å². The number of urea groups is 1. The van der Waals surface area contributed by atoms with E-state index >= 15 is 0 Å². The van der Waals surface area contributed by atoms with Crippen molar-refractivity contribution in [2.24, 2.45) is 5.73 Å². The van der Waals surface area contributed by atoms with E-state index in [9.17, 15) is 9.59 Å². The second kappa shape index (κ2) is 6.83. The molecular formula is C9H17N3O3. The van der Waals surface area contributed by atoms with Gasteiger partial charge in [0.25, 0.3) is 0 Å². The first-order valence-electron chi connectivity index (χ1n) is 4.63. The average molecular weight is 215 g/mol. The van der Waals surface area contributed by atoms with Gasteiger partial charge in [0.1, 0.15) is 0 Å². The van der Waals surface area contributed by atoms with Crippen molar-refractivity contribution in [3.63, 3.8) is 0 Å². The first-order valence-corrected chi connectivity index (χ1v) is 4.63. The van der Waals surface area contributed by atoms with Crippen LogP contribution in [0.2, 0.25) is 0 Å². The molecule has 0 atom stereocenters. The van der Waals surface area contributed by atoms with Crippen LogP contribution in [0.4, 0.5) is 9.59 Å². The number of hydrogen-bond donors (Lipinski definition) is 2. The first-order chi connectivity index (χ1) is 7.02. The lowest BCUT2D eigenvalue weighted by atomic mass is 10.5. The predicted octanol–water partition coefficient (Wildman–Crippen LogP) is 0.647. The Balaban J connectivity index is 4.42. The molecule has 86 valence electrons. The molecule has 0 aliphatic carbocycles. The minimum atomic E-state index is -0.707. The topological polar surface area (TPSA) is 84.7 Å². The Morgan fingerprint density at radius 2 is 2.13 bits per heavy atom. The zero-order chi connectivity index (χ0) is 11.8. The summed E-state index contributed by atoms with van der Waals surface area (Å²) in [5.41, 5.74) is 5.73. The Hall–Kier alpha value is -1.56. The molecule has 0 unspecified atom stereocenters. The highest BCUT2D eigenvalue weighted by atomic mass is 16.6. The van der Waals surface area contributed by atoms with Gasteiger partial charge in [-0.15, -0.1) is 0 Å². The van der Waals surface area contributed by atoms with Crippen molar-refractivity contribution < 1.29 is 14.3 Å². The van der Waals surface area contributed by atoms with E-state index in [1.807, 2.05) is 0 Å². The third-order valence-electron chi connectivity index (χ3n) is 1.41. The molecule has 0 aliphatic heterocycles. The van der Waals surface area contributed by atoms with Gasteiger partial charge < -0.3 is 15.8 Å². The molecule has 6 nitrogen and oxygen atoms in total. The van der Waals surface area contributed by atoms with Gasteiger partial charge in [0.05, 0.1) is 6.61 Å². The fraction of sp³-hybridized carbons (Fsp3) is 0.556. The van der Waals surface area contributed by atoms with Crippen LogP contribution in [0.3, 0.4) is 0 Å². The first kappa shape index (κ1) is 13.4. The Labute approximate surface area is 89.1 Å². The van der Waals surface area contributed by atoms with Gasteiger partial charge in [-0.2, -0.15) is 0 Å². The van der Waals surface area contributed by atoms with Crippen LogP contribution in [0, 0.1) is 0 Å². The second-order valence-corrected chi connectivity index (χ2v) is 2.85. The van der Waals surface area contributed by atoms with Gasteiger partial charge in [0, 0.05) is 18.8 Å². The molecule has 0 bridgehead atoms. The molecule has 6 heteroatoms. The Bertz CT molecular complexity index is 253. The largest absolute Gasteiger partial charge is 0.449 e. The summed E-state index contributed by atoms with van der Waals surface area (Å²) in [5.74, 6) is 0. The van der Waals surface area contributed by atoms with Crippen LogP contribution in [0.15, 0.2) is 12.3 Å². The maximum atomic E-state index is 11.5. The molecule has 0 aromatic carbocycles. The molecule has 15 heavy (non-hydrogen) atoms. The summed E-state index contributed by atoms with van der Waals surface area (Å²) >= 11 is 0. The van der Waals surface area contributed by atoms with Gasteiger partial charge in [-0.05, 0) is 13.8 Å². The van der Waals surface area contributed by atoms with Crippen LogP contribution in [-0.2, 0) is 4.74 Å². The molecule has 0 radical (unpaired) electrons. The maximum Gasteiger partial charge on any atom is 0.418 e. The Morgan fingerprint density at radius 3 is 2.53 bits per heavy atom. The lowest BCUT2D eigenvalue weighted by molar-refractivity contribution is 0.115. The van der Waals surface area contributed by atoms with Crippen LogP contribution in [0.5, 0.6) is 0 Å². The fourth-order valence-electron chi connectivity index (χ4n) is 0.856. The molecule has 0 saturated carbocycles. The molecule has 0 aromatic heterocycles. The van der Waals surface area contributed by atoms with Crippen molar-refractivity contribution in [3.05, 3.63) is 12.3 Å². The van der Waals surface area contributed by atoms with Crippen molar-refractivity contribution in [2.45, 2.75) is 13.8 Å². The van der Waals surface area contributed by atoms with Crippen molar-refractivity contribution in [3.8, 4) is 0 Å². The monoisotopic (exact) mass is 215 g/mol. The normalized spacial score (nSPS) is 9.27. The van der Waals surface area contributed by atoms with Crippen LogP contribution in [0.25, 0.3) is 0 Å². The number of carbonyl (C=O) groups is 2. The minimum Gasteiger partial charge on any atom is -0.449 e. The third-order valence-corrected chi connectivity index (χ3v) is 1.41. The molecule has 3 amide bonds. The summed E-state index contributed by atoms with van der Waals surface area (Å²) < 4.78 is 4.70. The highest BCUT2D eigenvalue weighted by Gasteiger charge is 2.21. The lowest BCUT2D eigenvalue weighted by Gasteiger charge is -2.19. The molecule has 0 heterocycles. The van der Waals surface area contributed by atoms with Gasteiger partial charge in [0.2, 0.25) is 0 Å². The van der Waals surface area contributed by atoms with E-state index in [0.29, 0.717) is 5.70 Å². The smallest absolute Gasteiger partial charge is 0.418 e. The number of nitrogens with zero attached hydrogens (tertiary/aromatic N) is 1. The Morgan fingerprint density at radius 1 is 1.53 bits per heavy atom. The third kappa shape index (κ3) is 5.02. The van der Waals surface area contributed by atoms with Crippen LogP contribution in [-0.4, -0.2) is 36.7 Å². The van der Waals surface area contributed by atoms with E-state index in [1.54, 1.807) is 13.8 Å². The van der Waals surface area contributed by atoms with Gasteiger partial charge in [-0.3, -0.25) is 0 Å². The number of imide groups is 1. The Kier molecular flexibility index (Phi) is 6.12. The SMILES string of the molecule is C=C(C)NC(=O)N(CCN)C(=O)OCC. The summed E-state index contributed by atoms with van der Waals surface area (Å²) in [6.45, 7) is 7.28. The summed E-state index contributed by atoms with van der Waals surface area (Å²) in [5, 5.41) is 2.40. The minimum absolute atomic E-state index is 0.109. The summed E-state index contributed by atoms with van der Waals surface area (Å²) in [6.07, 6.45) is -0.707. The fourth-order valence-corrected chi connectivity index (χ4v) is 0.856. The highest BCUT2D eigenvalue weighted by Crippen LogP contribution is 1.96. The second-order valence-electron chi connectivity index (χ2n) is 2.85. The van der Waals surface area contributed by atoms with Crippen molar-refractivity contribution in [1.82, 2.24) is 10.2 Å². The molecule has 0 fully saturated rings. The molecule has 0 saturated heterocycles. The van der Waals surface area contributed by atoms with Crippen LogP contribution in [0.1, 0.15) is 13.8 Å². The molecule has 0 aromatic rings. The summed E-state index contributed by atoms with van der Waals surface area (Å²) in [6, 6.07) is -0.577. The zero-order valence-electron chi connectivity index (χ0n) is 9.08. The highest BCUT2D eigenvalue weighted by molar-refractivity contribution is 5.91. The van der Waals surface area contributed by atoms with Gasteiger partial charge in [-0.1, -0.05) is 6.58 Å². The lowest BCUT2D eigenvalue weighted by Crippen LogP contribution is -2.45. The molecule has 0 rings (SSSR count). The van der Waals surface area contributed by atoms with E-state index < -0.39 is 12.1 Å². The summed E-state index contributed by atoms with van der Waals surface area (Å²) in [4.78, 5) is 23.7. The van der Waals surface area contributed by atoms with Crippen molar-refractivity contribution >= 4 is 12.1 Å². The van der Waals surface area contributed by atoms with E-state index in [-0.39, 0.29) is 19.7 Å². The molecule has 3 N–H and O–H groups in total. The standard InChI is InChI=1S/C9H17N3O3/c1-4-15-9(14)12(6-5-10)8(13)11-7(2)3/h2,4-6,10H2,1,3H3,(H,11,13). The van der Waals surface area contributed by atoms with Gasteiger partial charge in [0.15, 0.2) is 0 Å².